The molecule has 0 fully saturated rings. The molecule has 9 heteroatoms. The van der Waals surface area contributed by atoms with Crippen molar-refractivity contribution in [2.45, 2.75) is 32.5 Å². The summed E-state index contributed by atoms with van der Waals surface area (Å²) in [6.07, 6.45) is -6.09. The molecule has 0 aliphatic heterocycles. The van der Waals surface area contributed by atoms with Crippen LogP contribution in [0.25, 0.3) is 0 Å². The molecule has 1 rings (SSSR count). The summed E-state index contributed by atoms with van der Waals surface area (Å²) >= 11 is 0. The standard InChI is InChI=1S/C12H13F5N2O2/c1-7-6-9(12(15,16)17)18-19(7)8(2)11(20)21-5-3-4-10(13)14/h4,6,8H,3,5H2,1-2H3. The number of esters is 1. The number of aryl methyl sites for hydroxylation is 1. The van der Waals surface area contributed by atoms with Crippen LogP contribution in [0.15, 0.2) is 18.2 Å². The summed E-state index contributed by atoms with van der Waals surface area (Å²) in [6, 6.07) is -0.273. The number of carbonyl (C=O) groups excluding carboxylic acids is 1. The van der Waals surface area contributed by atoms with E-state index in [0.29, 0.717) is 6.08 Å². The van der Waals surface area contributed by atoms with Gasteiger partial charge in [0.15, 0.2) is 5.69 Å². The highest BCUT2D eigenvalue weighted by atomic mass is 19.4. The Bertz CT molecular complexity index is 532. The van der Waals surface area contributed by atoms with Crippen molar-refractivity contribution in [1.29, 1.82) is 0 Å². The van der Waals surface area contributed by atoms with E-state index >= 15 is 0 Å². The van der Waals surface area contributed by atoms with Crippen LogP contribution in [0.1, 0.15) is 30.8 Å². The highest BCUT2D eigenvalue weighted by Crippen LogP contribution is 2.29. The van der Waals surface area contributed by atoms with Crippen molar-refractivity contribution < 1.29 is 31.5 Å². The molecule has 1 heterocycles. The summed E-state index contributed by atoms with van der Waals surface area (Å²) in [5.74, 6) is -0.845. The Kier molecular flexibility index (Phi) is 5.45. The first kappa shape index (κ1) is 17.1. The second-order valence-corrected chi connectivity index (χ2v) is 4.24. The first-order chi connectivity index (χ1) is 9.62. The molecule has 118 valence electrons. The lowest BCUT2D eigenvalue weighted by Crippen LogP contribution is -2.22. The molecule has 0 aliphatic rings. The number of hydrogen-bond acceptors (Lipinski definition) is 3. The Morgan fingerprint density at radius 2 is 2.10 bits per heavy atom. The molecule has 1 aromatic heterocycles. The van der Waals surface area contributed by atoms with Crippen molar-refractivity contribution in [1.82, 2.24) is 9.78 Å². The van der Waals surface area contributed by atoms with Gasteiger partial charge in [-0.15, -0.1) is 0 Å². The van der Waals surface area contributed by atoms with Crippen molar-refractivity contribution in [2.75, 3.05) is 6.61 Å². The van der Waals surface area contributed by atoms with Crippen molar-refractivity contribution in [3.05, 3.63) is 29.6 Å². The number of ether oxygens (including phenoxy) is 1. The van der Waals surface area contributed by atoms with Crippen LogP contribution in [0.5, 0.6) is 0 Å². The SMILES string of the molecule is Cc1cc(C(F)(F)F)nn1C(C)C(=O)OCCC=C(F)F. The largest absolute Gasteiger partial charge is 0.464 e. The van der Waals surface area contributed by atoms with Gasteiger partial charge in [0, 0.05) is 12.1 Å². The van der Waals surface area contributed by atoms with E-state index in [1.54, 1.807) is 0 Å². The van der Waals surface area contributed by atoms with Gasteiger partial charge in [-0.2, -0.15) is 27.1 Å². The van der Waals surface area contributed by atoms with Gasteiger partial charge >= 0.3 is 12.1 Å². The fourth-order valence-electron chi connectivity index (χ4n) is 1.57. The molecular formula is C12H13F5N2O2. The number of halogens is 5. The van der Waals surface area contributed by atoms with Crippen molar-refractivity contribution >= 4 is 5.97 Å². The maximum Gasteiger partial charge on any atom is 0.435 e. The van der Waals surface area contributed by atoms with Crippen molar-refractivity contribution in [2.24, 2.45) is 0 Å². The predicted octanol–water partition coefficient (Wildman–Crippen LogP) is 3.49. The maximum atomic E-state index is 12.5. The van der Waals surface area contributed by atoms with Crippen LogP contribution >= 0.6 is 0 Å². The van der Waals surface area contributed by atoms with Crippen LogP contribution in [-0.4, -0.2) is 22.4 Å². The van der Waals surface area contributed by atoms with Crippen molar-refractivity contribution in [3.63, 3.8) is 0 Å². The van der Waals surface area contributed by atoms with Crippen LogP contribution in [0.2, 0.25) is 0 Å². The van der Waals surface area contributed by atoms with E-state index in [9.17, 15) is 26.7 Å². The molecule has 0 amide bonds. The molecule has 0 spiro atoms. The van der Waals surface area contributed by atoms with Gasteiger partial charge in [-0.3, -0.25) is 4.68 Å². The van der Waals surface area contributed by atoms with Gasteiger partial charge in [-0.25, -0.2) is 4.79 Å². The maximum absolute atomic E-state index is 12.5. The monoisotopic (exact) mass is 312 g/mol. The second-order valence-electron chi connectivity index (χ2n) is 4.24. The van der Waals surface area contributed by atoms with E-state index in [1.807, 2.05) is 0 Å². The van der Waals surface area contributed by atoms with Gasteiger partial charge in [0.1, 0.15) is 6.04 Å². The molecule has 0 saturated carbocycles. The summed E-state index contributed by atoms with van der Waals surface area (Å²) < 4.78 is 66.6. The third-order valence-corrected chi connectivity index (χ3v) is 2.58. The zero-order chi connectivity index (χ0) is 16.2. The Labute approximate surface area is 117 Å². The van der Waals surface area contributed by atoms with E-state index < -0.39 is 30.0 Å². The molecule has 0 radical (unpaired) electrons. The molecule has 4 nitrogen and oxygen atoms in total. The Morgan fingerprint density at radius 1 is 1.48 bits per heavy atom. The Morgan fingerprint density at radius 3 is 2.57 bits per heavy atom. The first-order valence-corrected chi connectivity index (χ1v) is 5.94. The summed E-state index contributed by atoms with van der Waals surface area (Å²) in [6.45, 7) is 2.40. The zero-order valence-corrected chi connectivity index (χ0v) is 11.2. The molecule has 0 saturated heterocycles. The summed E-state index contributed by atoms with van der Waals surface area (Å²) in [7, 11) is 0. The number of rotatable bonds is 5. The average Bonchev–Trinajstić information content (AvgIpc) is 2.75. The lowest BCUT2D eigenvalue weighted by Gasteiger charge is -2.13. The van der Waals surface area contributed by atoms with Crippen LogP contribution in [0.3, 0.4) is 0 Å². The number of carbonyl (C=O) groups is 1. The summed E-state index contributed by atoms with van der Waals surface area (Å²) in [5, 5.41) is 3.32. The number of hydrogen-bond donors (Lipinski definition) is 0. The number of alkyl halides is 3. The summed E-state index contributed by atoms with van der Waals surface area (Å²) in [4.78, 5) is 11.6. The second kappa shape index (κ2) is 6.68. The molecular weight excluding hydrogens is 299 g/mol. The fourth-order valence-corrected chi connectivity index (χ4v) is 1.57. The predicted molar refractivity (Wildman–Crippen MR) is 62.6 cm³/mol. The molecule has 0 N–H and O–H groups in total. The van der Waals surface area contributed by atoms with Gasteiger partial charge in [0.25, 0.3) is 6.08 Å². The van der Waals surface area contributed by atoms with E-state index in [4.69, 9.17) is 4.74 Å². The average molecular weight is 312 g/mol. The first-order valence-electron chi connectivity index (χ1n) is 5.94. The van der Waals surface area contributed by atoms with E-state index in [1.165, 1.54) is 13.8 Å². The lowest BCUT2D eigenvalue weighted by molar-refractivity contribution is -0.148. The molecule has 1 unspecified atom stereocenters. The van der Waals surface area contributed by atoms with Crippen LogP contribution in [-0.2, 0) is 15.7 Å². The van der Waals surface area contributed by atoms with Gasteiger partial charge in [0.05, 0.1) is 6.61 Å². The molecule has 0 aliphatic carbocycles. The smallest absolute Gasteiger partial charge is 0.435 e. The topological polar surface area (TPSA) is 44.1 Å². The van der Waals surface area contributed by atoms with Crippen LogP contribution in [0, 0.1) is 6.92 Å². The molecule has 0 aromatic carbocycles. The van der Waals surface area contributed by atoms with Gasteiger partial charge in [-0.1, -0.05) is 0 Å². The third-order valence-electron chi connectivity index (χ3n) is 2.58. The minimum atomic E-state index is -4.61. The number of nitrogens with zero attached hydrogens (tertiary/aromatic N) is 2. The van der Waals surface area contributed by atoms with Crippen LogP contribution in [0.4, 0.5) is 22.0 Å². The lowest BCUT2D eigenvalue weighted by atomic mass is 10.3. The summed E-state index contributed by atoms with van der Waals surface area (Å²) in [5.41, 5.74) is -0.969. The normalized spacial score (nSPS) is 12.9. The Balaban J connectivity index is 2.70. The highest BCUT2D eigenvalue weighted by Gasteiger charge is 2.35. The minimum Gasteiger partial charge on any atom is -0.464 e. The molecule has 1 aromatic rings. The van der Waals surface area contributed by atoms with Gasteiger partial charge in [0.2, 0.25) is 0 Å². The van der Waals surface area contributed by atoms with Gasteiger partial charge in [-0.05, 0) is 26.0 Å². The zero-order valence-electron chi connectivity index (χ0n) is 11.2. The minimum absolute atomic E-state index is 0.140. The molecule has 0 bridgehead atoms. The quantitative estimate of drug-likeness (QED) is 0.475. The number of aromatic nitrogens is 2. The van der Waals surface area contributed by atoms with Gasteiger partial charge < -0.3 is 4.74 Å². The molecule has 1 atom stereocenters. The third kappa shape index (κ3) is 4.83. The Hall–Kier alpha value is -1.93. The fraction of sp³-hybridized carbons (Fsp3) is 0.500. The van der Waals surface area contributed by atoms with Crippen molar-refractivity contribution in [3.8, 4) is 0 Å². The highest BCUT2D eigenvalue weighted by molar-refractivity contribution is 5.73. The van der Waals surface area contributed by atoms with E-state index in [0.717, 1.165) is 10.7 Å². The van der Waals surface area contributed by atoms with E-state index in [2.05, 4.69) is 5.10 Å². The van der Waals surface area contributed by atoms with Crippen LogP contribution < -0.4 is 0 Å². The molecule has 21 heavy (non-hydrogen) atoms. The van der Waals surface area contributed by atoms with E-state index in [-0.39, 0.29) is 18.7 Å².